The maximum atomic E-state index is 12.4. The van der Waals surface area contributed by atoms with Crippen molar-refractivity contribution in [3.8, 4) is 0 Å². The normalized spacial score (nSPS) is 15.6. The Morgan fingerprint density at radius 1 is 1.05 bits per heavy atom. The molecule has 7 nitrogen and oxygen atoms in total. The fraction of sp³-hybridized carbons (Fsp3) is 0.583. The van der Waals surface area contributed by atoms with Crippen LogP contribution in [0.1, 0.15) is 18.7 Å². The van der Waals surface area contributed by atoms with E-state index in [9.17, 15) is 9.59 Å². The lowest BCUT2D eigenvalue weighted by molar-refractivity contribution is 0.650. The van der Waals surface area contributed by atoms with Crippen molar-refractivity contribution in [1.82, 2.24) is 18.8 Å². The Kier molecular flexibility index (Phi) is 2.51. The Morgan fingerprint density at radius 3 is 2.32 bits per heavy atom. The summed E-state index contributed by atoms with van der Waals surface area (Å²) in [6.45, 7) is 3.69. The van der Waals surface area contributed by atoms with Gasteiger partial charge < -0.3 is 5.01 Å². The van der Waals surface area contributed by atoms with E-state index >= 15 is 0 Å². The number of hydrogen-bond donors (Lipinski definition) is 0. The first-order chi connectivity index (χ1) is 9.02. The first kappa shape index (κ1) is 12.0. The van der Waals surface area contributed by atoms with E-state index in [0.29, 0.717) is 11.2 Å². The molecule has 1 aliphatic rings. The van der Waals surface area contributed by atoms with Gasteiger partial charge in [0.25, 0.3) is 5.56 Å². The molecule has 7 heteroatoms. The van der Waals surface area contributed by atoms with Crippen molar-refractivity contribution in [2.75, 3.05) is 18.1 Å². The van der Waals surface area contributed by atoms with Gasteiger partial charge in [0.15, 0.2) is 11.2 Å². The lowest BCUT2D eigenvalue weighted by Crippen LogP contribution is -2.40. The van der Waals surface area contributed by atoms with Gasteiger partial charge in [0.2, 0.25) is 0 Å². The van der Waals surface area contributed by atoms with E-state index in [1.807, 2.05) is 11.6 Å². The standard InChI is InChI=1S/C12H17N5O2/c1-8-13-10-9(17(8)16-6-4-5-7-16)11(18)15(3)12(19)14(10)2/h4-7H2,1-3H3. The third-order valence-electron chi connectivity index (χ3n) is 3.76. The zero-order chi connectivity index (χ0) is 13.7. The fourth-order valence-corrected chi connectivity index (χ4v) is 2.74. The largest absolute Gasteiger partial charge is 0.332 e. The monoisotopic (exact) mass is 263 g/mol. The summed E-state index contributed by atoms with van der Waals surface area (Å²) in [6, 6.07) is 0. The van der Waals surface area contributed by atoms with E-state index < -0.39 is 0 Å². The quantitative estimate of drug-likeness (QED) is 0.694. The predicted molar refractivity (Wildman–Crippen MR) is 72.1 cm³/mol. The van der Waals surface area contributed by atoms with E-state index in [-0.39, 0.29) is 11.2 Å². The van der Waals surface area contributed by atoms with Crippen LogP contribution >= 0.6 is 0 Å². The maximum absolute atomic E-state index is 12.4. The molecule has 1 aliphatic heterocycles. The first-order valence-corrected chi connectivity index (χ1v) is 6.42. The molecule has 0 unspecified atom stereocenters. The third kappa shape index (κ3) is 1.54. The van der Waals surface area contributed by atoms with Crippen molar-refractivity contribution in [2.24, 2.45) is 14.1 Å². The SMILES string of the molecule is Cc1nc2c(c(=O)n(C)c(=O)n2C)n1N1CCCC1. The van der Waals surface area contributed by atoms with E-state index in [2.05, 4.69) is 9.99 Å². The van der Waals surface area contributed by atoms with Gasteiger partial charge in [-0.05, 0) is 19.8 Å². The van der Waals surface area contributed by atoms with Gasteiger partial charge in [0, 0.05) is 27.2 Å². The van der Waals surface area contributed by atoms with Crippen LogP contribution in [0.25, 0.3) is 11.2 Å². The van der Waals surface area contributed by atoms with Crippen LogP contribution in [0.5, 0.6) is 0 Å². The van der Waals surface area contributed by atoms with Gasteiger partial charge in [0.05, 0.1) is 0 Å². The van der Waals surface area contributed by atoms with E-state index in [4.69, 9.17) is 0 Å². The molecule has 0 N–H and O–H groups in total. The molecule has 0 aromatic carbocycles. The molecule has 0 spiro atoms. The Morgan fingerprint density at radius 2 is 1.68 bits per heavy atom. The zero-order valence-electron chi connectivity index (χ0n) is 11.4. The molecule has 3 rings (SSSR count). The van der Waals surface area contributed by atoms with Crippen molar-refractivity contribution < 1.29 is 0 Å². The average Bonchev–Trinajstić information content (AvgIpc) is 3.00. The summed E-state index contributed by atoms with van der Waals surface area (Å²) < 4.78 is 4.43. The molecule has 2 aromatic rings. The van der Waals surface area contributed by atoms with E-state index in [1.54, 1.807) is 7.05 Å². The van der Waals surface area contributed by atoms with E-state index in [1.165, 1.54) is 11.6 Å². The average molecular weight is 263 g/mol. The first-order valence-electron chi connectivity index (χ1n) is 6.42. The molecule has 1 saturated heterocycles. The number of aryl methyl sites for hydroxylation is 2. The predicted octanol–water partition coefficient (Wildman–Crippen LogP) is -0.526. The third-order valence-corrected chi connectivity index (χ3v) is 3.76. The van der Waals surface area contributed by atoms with Crippen LogP contribution < -0.4 is 16.3 Å². The van der Waals surface area contributed by atoms with Crippen molar-refractivity contribution in [3.63, 3.8) is 0 Å². The summed E-state index contributed by atoms with van der Waals surface area (Å²) in [4.78, 5) is 28.7. The topological polar surface area (TPSA) is 65.1 Å². The highest BCUT2D eigenvalue weighted by atomic mass is 16.2. The minimum atomic E-state index is -0.344. The summed E-state index contributed by atoms with van der Waals surface area (Å²) in [5.41, 5.74) is 0.315. The van der Waals surface area contributed by atoms with Crippen molar-refractivity contribution in [3.05, 3.63) is 26.7 Å². The number of rotatable bonds is 1. The van der Waals surface area contributed by atoms with Crippen LogP contribution in [0.3, 0.4) is 0 Å². The molecule has 2 aromatic heterocycles. The zero-order valence-corrected chi connectivity index (χ0v) is 11.4. The number of hydrogen-bond acceptors (Lipinski definition) is 4. The van der Waals surface area contributed by atoms with Crippen LogP contribution in [0.4, 0.5) is 0 Å². The van der Waals surface area contributed by atoms with Crippen molar-refractivity contribution in [1.29, 1.82) is 0 Å². The highest BCUT2D eigenvalue weighted by Crippen LogP contribution is 2.15. The van der Waals surface area contributed by atoms with E-state index in [0.717, 1.165) is 36.3 Å². The molecule has 0 saturated carbocycles. The molecule has 0 bridgehead atoms. The molecule has 19 heavy (non-hydrogen) atoms. The molecular weight excluding hydrogens is 246 g/mol. The molecule has 3 heterocycles. The minimum absolute atomic E-state index is 0.286. The van der Waals surface area contributed by atoms with Gasteiger partial charge in [-0.3, -0.25) is 13.9 Å². The van der Waals surface area contributed by atoms with Crippen LogP contribution in [-0.2, 0) is 14.1 Å². The second kappa shape index (κ2) is 3.97. The highest BCUT2D eigenvalue weighted by Gasteiger charge is 2.22. The summed E-state index contributed by atoms with van der Waals surface area (Å²) in [5.74, 6) is 0.746. The number of fused-ring (bicyclic) bond motifs is 1. The van der Waals surface area contributed by atoms with Crippen molar-refractivity contribution in [2.45, 2.75) is 19.8 Å². The summed E-state index contributed by atoms with van der Waals surface area (Å²) in [6.07, 6.45) is 2.23. The number of nitrogens with zero attached hydrogens (tertiary/aromatic N) is 5. The second-order valence-corrected chi connectivity index (χ2v) is 5.01. The molecule has 102 valence electrons. The second-order valence-electron chi connectivity index (χ2n) is 5.01. The summed E-state index contributed by atoms with van der Waals surface area (Å²) in [5, 5.41) is 2.12. The number of aromatic nitrogens is 4. The highest BCUT2D eigenvalue weighted by molar-refractivity contribution is 5.71. The molecule has 1 fully saturated rings. The Hall–Kier alpha value is -2.05. The lowest BCUT2D eigenvalue weighted by atomic mass is 10.4. The van der Waals surface area contributed by atoms with Crippen LogP contribution in [0.15, 0.2) is 9.59 Å². The summed E-state index contributed by atoms with van der Waals surface area (Å²) >= 11 is 0. The molecule has 0 amide bonds. The van der Waals surface area contributed by atoms with Gasteiger partial charge in [-0.1, -0.05) is 0 Å². The van der Waals surface area contributed by atoms with Gasteiger partial charge in [-0.2, -0.15) is 0 Å². The molecular formula is C12H17N5O2. The van der Waals surface area contributed by atoms with Crippen LogP contribution in [0, 0.1) is 6.92 Å². The molecule has 0 aliphatic carbocycles. The van der Waals surface area contributed by atoms with Gasteiger partial charge in [-0.25, -0.2) is 14.5 Å². The summed E-state index contributed by atoms with van der Waals surface area (Å²) in [7, 11) is 3.14. The van der Waals surface area contributed by atoms with Gasteiger partial charge in [-0.15, -0.1) is 0 Å². The van der Waals surface area contributed by atoms with Crippen LogP contribution in [-0.4, -0.2) is 31.9 Å². The Bertz CT molecular complexity index is 761. The molecule has 0 atom stereocenters. The van der Waals surface area contributed by atoms with Gasteiger partial charge >= 0.3 is 5.69 Å². The van der Waals surface area contributed by atoms with Gasteiger partial charge in [0.1, 0.15) is 5.82 Å². The van der Waals surface area contributed by atoms with Crippen LogP contribution in [0.2, 0.25) is 0 Å². The maximum Gasteiger partial charge on any atom is 0.332 e. The number of imidazole rings is 1. The molecule has 0 radical (unpaired) electrons. The Labute approximate surface area is 109 Å². The smallest absolute Gasteiger partial charge is 0.311 e. The minimum Gasteiger partial charge on any atom is -0.311 e. The lowest BCUT2D eigenvalue weighted by Gasteiger charge is -2.21. The van der Waals surface area contributed by atoms with Crippen molar-refractivity contribution >= 4 is 11.2 Å². The fourth-order valence-electron chi connectivity index (χ4n) is 2.74. The Balaban J connectivity index is 2.44.